The molecule has 0 radical (unpaired) electrons. The zero-order chi connectivity index (χ0) is 23.3. The van der Waals surface area contributed by atoms with Crippen molar-refractivity contribution in [1.82, 2.24) is 9.55 Å². The first-order valence-electron chi connectivity index (χ1n) is 10.4. The first kappa shape index (κ1) is 20.9. The number of para-hydroxylation sites is 1. The van der Waals surface area contributed by atoms with Gasteiger partial charge in [0.05, 0.1) is 11.0 Å². The van der Waals surface area contributed by atoms with Crippen molar-refractivity contribution < 1.29 is 18.0 Å². The molecule has 6 heteroatoms. The van der Waals surface area contributed by atoms with Crippen LogP contribution in [-0.2, 0) is 0 Å². The normalized spacial score (nSPS) is 11.9. The Kier molecular flexibility index (Phi) is 4.81. The quantitative estimate of drug-likeness (QED) is 0.276. The van der Waals surface area contributed by atoms with Crippen LogP contribution in [0, 0.1) is 13.8 Å². The van der Waals surface area contributed by atoms with Gasteiger partial charge < -0.3 is 4.57 Å². The van der Waals surface area contributed by atoms with Gasteiger partial charge in [0.15, 0.2) is 0 Å². The van der Waals surface area contributed by atoms with E-state index in [1.807, 2.05) is 38.2 Å². The third-order valence-corrected chi connectivity index (χ3v) is 5.94. The molecule has 33 heavy (non-hydrogen) atoms. The van der Waals surface area contributed by atoms with Crippen molar-refractivity contribution in [2.45, 2.75) is 20.0 Å². The van der Waals surface area contributed by atoms with Crippen molar-refractivity contribution in [2.24, 2.45) is 0 Å². The molecular formula is C27H19F3N2O. The average molecular weight is 444 g/mol. The number of benzene rings is 3. The predicted octanol–water partition coefficient (Wildman–Crippen LogP) is 7.21. The Bertz CT molecular complexity index is 1450. The summed E-state index contributed by atoms with van der Waals surface area (Å²) in [6.07, 6.45) is -1.24. The minimum atomic E-state index is -4.88. The summed E-state index contributed by atoms with van der Waals surface area (Å²) in [7, 11) is 0. The average Bonchev–Trinajstić information content (AvgIpc) is 3.12. The fourth-order valence-corrected chi connectivity index (χ4v) is 4.57. The summed E-state index contributed by atoms with van der Waals surface area (Å²) in [5.41, 5.74) is 6.43. The molecule has 0 spiro atoms. The number of carbonyl (C=O) groups excluding carboxylic acids is 1. The van der Waals surface area contributed by atoms with Crippen LogP contribution in [0.3, 0.4) is 0 Å². The summed E-state index contributed by atoms with van der Waals surface area (Å²) < 4.78 is 40.4. The van der Waals surface area contributed by atoms with Gasteiger partial charge in [-0.15, -0.1) is 0 Å². The van der Waals surface area contributed by atoms with Gasteiger partial charge in [-0.2, -0.15) is 13.2 Å². The maximum absolute atomic E-state index is 12.7. The van der Waals surface area contributed by atoms with Crippen LogP contribution in [0.15, 0.2) is 79.1 Å². The van der Waals surface area contributed by atoms with E-state index in [-0.39, 0.29) is 5.56 Å². The standard InChI is InChI=1S/C27H19F3N2O/c1-16-13-20(32-23-6-4-3-5-21(23)22-15-31-12-11-24(22)32)14-17(2)25(16)18-7-9-19(10-8-18)26(33)27(28,29)30/h3-15H,1-2H3. The zero-order valence-corrected chi connectivity index (χ0v) is 17.9. The number of aromatic nitrogens is 2. The van der Waals surface area contributed by atoms with E-state index in [2.05, 4.69) is 33.8 Å². The third-order valence-electron chi connectivity index (χ3n) is 5.94. The summed E-state index contributed by atoms with van der Waals surface area (Å²) in [5, 5.41) is 2.18. The summed E-state index contributed by atoms with van der Waals surface area (Å²) in [4.78, 5) is 15.8. The van der Waals surface area contributed by atoms with Gasteiger partial charge in [0.2, 0.25) is 0 Å². The molecule has 0 amide bonds. The molecule has 0 aliphatic rings. The number of ketones is 1. The maximum Gasteiger partial charge on any atom is 0.454 e. The minimum Gasteiger partial charge on any atom is -0.309 e. The lowest BCUT2D eigenvalue weighted by molar-refractivity contribution is -0.0885. The molecule has 0 aliphatic carbocycles. The van der Waals surface area contributed by atoms with Crippen molar-refractivity contribution in [3.05, 3.63) is 95.8 Å². The van der Waals surface area contributed by atoms with Crippen molar-refractivity contribution in [2.75, 3.05) is 0 Å². The van der Waals surface area contributed by atoms with Gasteiger partial charge in [-0.25, -0.2) is 0 Å². The molecular weight excluding hydrogens is 425 g/mol. The molecule has 5 rings (SSSR count). The molecule has 0 N–H and O–H groups in total. The molecule has 0 saturated heterocycles. The van der Waals surface area contributed by atoms with Crippen molar-refractivity contribution >= 4 is 27.6 Å². The number of fused-ring (bicyclic) bond motifs is 3. The second kappa shape index (κ2) is 7.59. The molecule has 3 nitrogen and oxygen atoms in total. The second-order valence-electron chi connectivity index (χ2n) is 8.10. The predicted molar refractivity (Wildman–Crippen MR) is 124 cm³/mol. The SMILES string of the molecule is Cc1cc(-n2c3ccccc3c3cnccc32)cc(C)c1-c1ccc(C(=O)C(F)(F)F)cc1. The van der Waals surface area contributed by atoms with Gasteiger partial charge in [-0.1, -0.05) is 42.5 Å². The number of halogens is 3. The van der Waals surface area contributed by atoms with Crippen molar-refractivity contribution in [3.8, 4) is 16.8 Å². The van der Waals surface area contributed by atoms with Gasteiger partial charge >= 0.3 is 6.18 Å². The number of rotatable bonds is 3. The second-order valence-corrected chi connectivity index (χ2v) is 8.10. The van der Waals surface area contributed by atoms with Gasteiger partial charge in [-0.3, -0.25) is 9.78 Å². The smallest absolute Gasteiger partial charge is 0.309 e. The number of hydrogen-bond acceptors (Lipinski definition) is 2. The van der Waals surface area contributed by atoms with E-state index in [1.165, 1.54) is 12.1 Å². The first-order chi connectivity index (χ1) is 15.8. The fraction of sp³-hybridized carbons (Fsp3) is 0.111. The number of carbonyl (C=O) groups is 1. The van der Waals surface area contributed by atoms with Gasteiger partial charge in [0, 0.05) is 34.4 Å². The van der Waals surface area contributed by atoms with Crippen LogP contribution in [0.4, 0.5) is 13.2 Å². The Labute approximate surface area is 188 Å². The molecule has 0 fully saturated rings. The Hall–Kier alpha value is -3.93. The van der Waals surface area contributed by atoms with E-state index in [1.54, 1.807) is 18.3 Å². The number of aryl methyl sites for hydroxylation is 2. The van der Waals surface area contributed by atoms with E-state index in [0.29, 0.717) is 0 Å². The minimum absolute atomic E-state index is 0.364. The van der Waals surface area contributed by atoms with Crippen LogP contribution >= 0.6 is 0 Å². The zero-order valence-electron chi connectivity index (χ0n) is 17.9. The van der Waals surface area contributed by atoms with E-state index in [0.717, 1.165) is 49.7 Å². The lowest BCUT2D eigenvalue weighted by Crippen LogP contribution is -2.22. The maximum atomic E-state index is 12.7. The number of nitrogens with zero attached hydrogens (tertiary/aromatic N) is 2. The van der Waals surface area contributed by atoms with Crippen LogP contribution in [0.25, 0.3) is 38.6 Å². The largest absolute Gasteiger partial charge is 0.454 e. The lowest BCUT2D eigenvalue weighted by Gasteiger charge is -2.16. The third kappa shape index (κ3) is 3.48. The molecule has 3 aromatic carbocycles. The summed E-state index contributed by atoms with van der Waals surface area (Å²) in [6.45, 7) is 3.96. The highest BCUT2D eigenvalue weighted by Crippen LogP contribution is 2.35. The first-order valence-corrected chi connectivity index (χ1v) is 10.4. The molecule has 0 saturated carbocycles. The Morgan fingerprint density at radius 2 is 1.48 bits per heavy atom. The number of hydrogen-bond donors (Lipinski definition) is 0. The molecule has 0 unspecified atom stereocenters. The highest BCUT2D eigenvalue weighted by atomic mass is 19.4. The molecule has 0 bridgehead atoms. The van der Waals surface area contributed by atoms with Crippen LogP contribution in [0.1, 0.15) is 21.5 Å². The fourth-order valence-electron chi connectivity index (χ4n) is 4.57. The van der Waals surface area contributed by atoms with Gasteiger partial charge in [0.1, 0.15) is 0 Å². The molecule has 0 atom stereocenters. The molecule has 5 aromatic rings. The van der Waals surface area contributed by atoms with Crippen LogP contribution in [0.5, 0.6) is 0 Å². The van der Waals surface area contributed by atoms with E-state index in [9.17, 15) is 18.0 Å². The topological polar surface area (TPSA) is 34.9 Å². The van der Waals surface area contributed by atoms with E-state index >= 15 is 0 Å². The van der Waals surface area contributed by atoms with Gasteiger partial charge in [0.25, 0.3) is 5.78 Å². The highest BCUT2D eigenvalue weighted by Gasteiger charge is 2.39. The molecule has 164 valence electrons. The summed E-state index contributed by atoms with van der Waals surface area (Å²) >= 11 is 0. The number of Topliss-reactive ketones (excluding diaryl/α,β-unsaturated/α-hetero) is 1. The van der Waals surface area contributed by atoms with Crippen molar-refractivity contribution in [3.63, 3.8) is 0 Å². The Morgan fingerprint density at radius 1 is 0.848 bits per heavy atom. The number of pyridine rings is 1. The molecule has 0 aliphatic heterocycles. The van der Waals surface area contributed by atoms with Gasteiger partial charge in [-0.05, 0) is 60.4 Å². The molecule has 2 aromatic heterocycles. The Balaban J connectivity index is 1.63. The molecule has 2 heterocycles. The van der Waals surface area contributed by atoms with E-state index in [4.69, 9.17) is 0 Å². The van der Waals surface area contributed by atoms with Crippen LogP contribution in [0.2, 0.25) is 0 Å². The lowest BCUT2D eigenvalue weighted by atomic mass is 9.94. The summed E-state index contributed by atoms with van der Waals surface area (Å²) in [5.74, 6) is -1.83. The summed E-state index contributed by atoms with van der Waals surface area (Å²) in [6, 6.07) is 19.9. The number of alkyl halides is 3. The van der Waals surface area contributed by atoms with Crippen LogP contribution in [-0.4, -0.2) is 21.5 Å². The van der Waals surface area contributed by atoms with E-state index < -0.39 is 12.0 Å². The monoisotopic (exact) mass is 444 g/mol. The highest BCUT2D eigenvalue weighted by molar-refractivity contribution is 6.08. The Morgan fingerprint density at radius 3 is 2.15 bits per heavy atom. The van der Waals surface area contributed by atoms with Crippen LogP contribution < -0.4 is 0 Å². The van der Waals surface area contributed by atoms with Crippen molar-refractivity contribution in [1.29, 1.82) is 0 Å².